The molecule has 4 nitrogen and oxygen atoms in total. The van der Waals surface area contributed by atoms with Gasteiger partial charge in [0.05, 0.1) is 22.8 Å². The number of nitriles is 1. The zero-order valence-corrected chi connectivity index (χ0v) is 10.9. The number of hydrogen-bond donors (Lipinski definition) is 0. The van der Waals surface area contributed by atoms with Gasteiger partial charge in [0.15, 0.2) is 0 Å². The predicted molar refractivity (Wildman–Crippen MR) is 71.8 cm³/mol. The second-order valence-corrected chi connectivity index (χ2v) is 4.97. The van der Waals surface area contributed by atoms with Gasteiger partial charge in [-0.2, -0.15) is 5.26 Å². The topological polar surface area (TPSA) is 62.7 Å². The third-order valence-corrected chi connectivity index (χ3v) is 3.38. The van der Waals surface area contributed by atoms with E-state index in [1.54, 1.807) is 12.3 Å². The maximum atomic E-state index is 9.20. The first-order valence-electron chi connectivity index (χ1n) is 5.66. The zero-order chi connectivity index (χ0) is 13.2. The highest BCUT2D eigenvalue weighted by Crippen LogP contribution is 2.28. The molecule has 0 amide bonds. The average molecular weight is 267 g/mol. The SMILES string of the molecule is Cc1coc(Sc2cc(C#N)c3ccccc3n2)n1. The number of fused-ring (bicyclic) bond motifs is 1. The lowest BCUT2D eigenvalue weighted by atomic mass is 10.1. The van der Waals surface area contributed by atoms with E-state index in [1.165, 1.54) is 11.8 Å². The van der Waals surface area contributed by atoms with Crippen LogP contribution in [0.5, 0.6) is 0 Å². The lowest BCUT2D eigenvalue weighted by Crippen LogP contribution is -1.87. The van der Waals surface area contributed by atoms with Crippen molar-refractivity contribution in [2.45, 2.75) is 17.2 Å². The summed E-state index contributed by atoms with van der Waals surface area (Å²) in [7, 11) is 0. The fraction of sp³-hybridized carbons (Fsp3) is 0.0714. The van der Waals surface area contributed by atoms with E-state index in [0.29, 0.717) is 15.8 Å². The van der Waals surface area contributed by atoms with Gasteiger partial charge in [0.25, 0.3) is 5.22 Å². The summed E-state index contributed by atoms with van der Waals surface area (Å²) in [6.07, 6.45) is 1.59. The van der Waals surface area contributed by atoms with Gasteiger partial charge >= 0.3 is 0 Å². The second kappa shape index (κ2) is 4.75. The molecule has 1 aromatic carbocycles. The first-order chi connectivity index (χ1) is 9.26. The highest BCUT2D eigenvalue weighted by atomic mass is 32.2. The number of pyridine rings is 1. The maximum Gasteiger partial charge on any atom is 0.262 e. The molecule has 0 bridgehead atoms. The molecular formula is C14H9N3OS. The van der Waals surface area contributed by atoms with Crippen LogP contribution in [0.25, 0.3) is 10.9 Å². The maximum absolute atomic E-state index is 9.20. The van der Waals surface area contributed by atoms with E-state index < -0.39 is 0 Å². The molecule has 0 aliphatic heterocycles. The summed E-state index contributed by atoms with van der Waals surface area (Å²) in [6.45, 7) is 1.86. The number of oxazole rings is 1. The van der Waals surface area contributed by atoms with Crippen molar-refractivity contribution in [2.24, 2.45) is 0 Å². The van der Waals surface area contributed by atoms with Crippen LogP contribution in [0.2, 0.25) is 0 Å². The summed E-state index contributed by atoms with van der Waals surface area (Å²) < 4.78 is 5.28. The van der Waals surface area contributed by atoms with Crippen LogP contribution in [0, 0.1) is 18.3 Å². The summed E-state index contributed by atoms with van der Waals surface area (Å²) in [6, 6.07) is 11.5. The molecule has 3 rings (SSSR count). The van der Waals surface area contributed by atoms with Crippen LogP contribution >= 0.6 is 11.8 Å². The number of aromatic nitrogens is 2. The van der Waals surface area contributed by atoms with E-state index in [4.69, 9.17) is 4.42 Å². The molecule has 0 aliphatic rings. The van der Waals surface area contributed by atoms with Gasteiger partial charge in [-0.3, -0.25) is 0 Å². The summed E-state index contributed by atoms with van der Waals surface area (Å²) in [5.41, 5.74) is 2.23. The van der Waals surface area contributed by atoms with Gasteiger partial charge in [0.1, 0.15) is 11.3 Å². The Labute approximate surface area is 114 Å². The summed E-state index contributed by atoms with van der Waals surface area (Å²) >= 11 is 1.31. The molecule has 19 heavy (non-hydrogen) atoms. The number of para-hydroxylation sites is 1. The second-order valence-electron chi connectivity index (χ2n) is 3.99. The van der Waals surface area contributed by atoms with E-state index in [1.807, 2.05) is 31.2 Å². The Hall–Kier alpha value is -2.32. The summed E-state index contributed by atoms with van der Waals surface area (Å²) in [5, 5.41) is 11.3. The van der Waals surface area contributed by atoms with Crippen LogP contribution < -0.4 is 0 Å². The molecule has 0 atom stereocenters. The lowest BCUT2D eigenvalue weighted by molar-refractivity contribution is 0.454. The Morgan fingerprint density at radius 3 is 2.84 bits per heavy atom. The first-order valence-corrected chi connectivity index (χ1v) is 6.48. The minimum atomic E-state index is 0.532. The number of aryl methyl sites for hydroxylation is 1. The highest BCUT2D eigenvalue weighted by Gasteiger charge is 2.09. The molecule has 0 radical (unpaired) electrons. The van der Waals surface area contributed by atoms with Crippen molar-refractivity contribution in [3.63, 3.8) is 0 Å². The molecule has 2 aromatic heterocycles. The van der Waals surface area contributed by atoms with Crippen molar-refractivity contribution in [3.05, 3.63) is 47.9 Å². The Morgan fingerprint density at radius 1 is 1.26 bits per heavy atom. The smallest absolute Gasteiger partial charge is 0.262 e. The monoisotopic (exact) mass is 267 g/mol. The quantitative estimate of drug-likeness (QED) is 0.710. The van der Waals surface area contributed by atoms with Crippen LogP contribution in [0.4, 0.5) is 0 Å². The van der Waals surface area contributed by atoms with Crippen molar-refractivity contribution in [1.29, 1.82) is 5.26 Å². The van der Waals surface area contributed by atoms with Gasteiger partial charge in [-0.05, 0) is 30.8 Å². The molecular weight excluding hydrogens is 258 g/mol. The van der Waals surface area contributed by atoms with Gasteiger partial charge in [0.2, 0.25) is 0 Å². The third-order valence-electron chi connectivity index (χ3n) is 2.60. The number of hydrogen-bond acceptors (Lipinski definition) is 5. The van der Waals surface area contributed by atoms with E-state index >= 15 is 0 Å². The average Bonchev–Trinajstić information content (AvgIpc) is 2.83. The molecule has 3 aromatic rings. The number of rotatable bonds is 2. The fourth-order valence-corrected chi connectivity index (χ4v) is 2.55. The zero-order valence-electron chi connectivity index (χ0n) is 10.1. The first kappa shape index (κ1) is 11.8. The van der Waals surface area contributed by atoms with Crippen LogP contribution in [-0.4, -0.2) is 9.97 Å². The molecule has 0 N–H and O–H groups in total. The van der Waals surface area contributed by atoms with E-state index in [-0.39, 0.29) is 0 Å². The highest BCUT2D eigenvalue weighted by molar-refractivity contribution is 7.99. The molecule has 0 saturated carbocycles. The molecule has 92 valence electrons. The normalized spacial score (nSPS) is 10.5. The van der Waals surface area contributed by atoms with Gasteiger partial charge in [-0.25, -0.2) is 9.97 Å². The van der Waals surface area contributed by atoms with Crippen molar-refractivity contribution in [3.8, 4) is 6.07 Å². The molecule has 0 spiro atoms. The van der Waals surface area contributed by atoms with E-state index in [0.717, 1.165) is 16.6 Å². The van der Waals surface area contributed by atoms with Gasteiger partial charge in [-0.1, -0.05) is 18.2 Å². The number of nitrogens with zero attached hydrogens (tertiary/aromatic N) is 3. The van der Waals surface area contributed by atoms with E-state index in [2.05, 4.69) is 16.0 Å². The van der Waals surface area contributed by atoms with Crippen molar-refractivity contribution in [1.82, 2.24) is 9.97 Å². The van der Waals surface area contributed by atoms with Crippen LogP contribution in [-0.2, 0) is 0 Å². The fourth-order valence-electron chi connectivity index (χ4n) is 1.76. The molecule has 0 saturated heterocycles. The Balaban J connectivity index is 2.07. The third kappa shape index (κ3) is 2.30. The lowest BCUT2D eigenvalue weighted by Gasteiger charge is -2.02. The van der Waals surface area contributed by atoms with Crippen molar-refractivity contribution < 1.29 is 4.42 Å². The van der Waals surface area contributed by atoms with E-state index in [9.17, 15) is 5.26 Å². The molecule has 0 aliphatic carbocycles. The summed E-state index contributed by atoms with van der Waals surface area (Å²) in [4.78, 5) is 8.72. The molecule has 0 fully saturated rings. The molecule has 0 unspecified atom stereocenters. The predicted octanol–water partition coefficient (Wildman–Crippen LogP) is 3.55. The van der Waals surface area contributed by atoms with Crippen molar-refractivity contribution >= 4 is 22.7 Å². The molecule has 2 heterocycles. The van der Waals surface area contributed by atoms with Gasteiger partial charge in [0, 0.05) is 5.39 Å². The molecule has 5 heteroatoms. The van der Waals surface area contributed by atoms with Gasteiger partial charge in [-0.15, -0.1) is 0 Å². The van der Waals surface area contributed by atoms with Crippen LogP contribution in [0.3, 0.4) is 0 Å². The Bertz CT molecular complexity index is 789. The minimum absolute atomic E-state index is 0.532. The minimum Gasteiger partial charge on any atom is -0.439 e. The number of benzene rings is 1. The Morgan fingerprint density at radius 2 is 2.11 bits per heavy atom. The van der Waals surface area contributed by atoms with Crippen molar-refractivity contribution in [2.75, 3.05) is 0 Å². The van der Waals surface area contributed by atoms with Crippen LogP contribution in [0.1, 0.15) is 11.3 Å². The standard InChI is InChI=1S/C14H9N3OS/c1-9-8-18-14(16-9)19-13-6-10(7-15)11-4-2-3-5-12(11)17-13/h2-6,8H,1H3. The largest absolute Gasteiger partial charge is 0.439 e. The van der Waals surface area contributed by atoms with Crippen LogP contribution in [0.15, 0.2) is 51.3 Å². The van der Waals surface area contributed by atoms with Gasteiger partial charge < -0.3 is 4.42 Å². The summed E-state index contributed by atoms with van der Waals surface area (Å²) in [5.74, 6) is 0. The Kier molecular flexibility index (Phi) is 2.94.